The fourth-order valence-electron chi connectivity index (χ4n) is 1.57. The second-order valence-electron chi connectivity index (χ2n) is 4.46. The minimum atomic E-state index is -0.435. The Morgan fingerprint density at radius 1 is 1.44 bits per heavy atom. The number of nitro benzene ring substituents is 1. The largest absolute Gasteiger partial charge is 0.487 e. The maximum Gasteiger partial charge on any atom is 0.310 e. The van der Waals surface area contributed by atoms with Crippen LogP contribution in [0.15, 0.2) is 18.2 Å². The maximum absolute atomic E-state index is 10.8. The van der Waals surface area contributed by atoms with Crippen molar-refractivity contribution in [2.75, 3.05) is 6.61 Å². The van der Waals surface area contributed by atoms with Gasteiger partial charge in [0.05, 0.1) is 11.5 Å². The fourth-order valence-corrected chi connectivity index (χ4v) is 1.75. The van der Waals surface area contributed by atoms with E-state index >= 15 is 0 Å². The van der Waals surface area contributed by atoms with Crippen molar-refractivity contribution in [3.63, 3.8) is 0 Å². The summed E-state index contributed by atoms with van der Waals surface area (Å²) in [6.07, 6.45) is 0.678. The van der Waals surface area contributed by atoms with Gasteiger partial charge in [0.2, 0.25) is 0 Å². The fraction of sp³-hybridized carbons (Fsp3) is 0.538. The van der Waals surface area contributed by atoms with Crippen molar-refractivity contribution in [2.24, 2.45) is 5.92 Å². The van der Waals surface area contributed by atoms with Gasteiger partial charge in [0, 0.05) is 11.4 Å². The summed E-state index contributed by atoms with van der Waals surface area (Å²) in [6, 6.07) is 4.92. The quantitative estimate of drug-likeness (QED) is 0.449. The molecule has 0 saturated heterocycles. The highest BCUT2D eigenvalue weighted by atomic mass is 35.5. The van der Waals surface area contributed by atoms with Crippen LogP contribution in [0.3, 0.4) is 0 Å². The van der Waals surface area contributed by atoms with Gasteiger partial charge in [0.25, 0.3) is 0 Å². The number of alkyl halides is 1. The number of nitrogens with zero attached hydrogens (tertiary/aromatic N) is 1. The lowest BCUT2D eigenvalue weighted by atomic mass is 10.0. The first-order valence-corrected chi connectivity index (χ1v) is 6.43. The van der Waals surface area contributed by atoms with Gasteiger partial charge in [-0.2, -0.15) is 0 Å². The molecule has 0 aliphatic carbocycles. The summed E-state index contributed by atoms with van der Waals surface area (Å²) in [6.45, 7) is 6.30. The third-order valence-corrected chi connectivity index (χ3v) is 3.33. The number of benzene rings is 1. The average molecular weight is 272 g/mol. The van der Waals surface area contributed by atoms with Gasteiger partial charge in [-0.15, -0.1) is 11.6 Å². The predicted molar refractivity (Wildman–Crippen MR) is 72.4 cm³/mol. The molecule has 0 radical (unpaired) electrons. The maximum atomic E-state index is 10.8. The molecule has 0 aromatic heterocycles. The Labute approximate surface area is 112 Å². The zero-order valence-electron chi connectivity index (χ0n) is 10.9. The molecule has 1 aromatic rings. The highest BCUT2D eigenvalue weighted by Crippen LogP contribution is 2.29. The van der Waals surface area contributed by atoms with Crippen LogP contribution in [-0.2, 0) is 6.42 Å². The van der Waals surface area contributed by atoms with E-state index in [4.69, 9.17) is 16.3 Å². The number of hydrogen-bond acceptors (Lipinski definition) is 3. The monoisotopic (exact) mass is 271 g/mol. The Bertz CT molecular complexity index is 421. The molecule has 0 spiro atoms. The second-order valence-corrected chi connectivity index (χ2v) is 5.02. The van der Waals surface area contributed by atoms with Crippen LogP contribution >= 0.6 is 11.6 Å². The van der Waals surface area contributed by atoms with Crippen molar-refractivity contribution in [3.05, 3.63) is 33.9 Å². The molecule has 0 aliphatic heterocycles. The van der Waals surface area contributed by atoms with E-state index < -0.39 is 4.92 Å². The highest BCUT2D eigenvalue weighted by molar-refractivity contribution is 6.20. The minimum Gasteiger partial charge on any atom is -0.487 e. The van der Waals surface area contributed by atoms with E-state index in [-0.39, 0.29) is 11.1 Å². The third kappa shape index (κ3) is 3.88. The first-order valence-electron chi connectivity index (χ1n) is 5.99. The molecule has 0 fully saturated rings. The molecule has 1 atom stereocenters. The Hall–Kier alpha value is -1.29. The Morgan fingerprint density at radius 2 is 2.11 bits per heavy atom. The van der Waals surface area contributed by atoms with E-state index in [1.807, 2.05) is 13.8 Å². The van der Waals surface area contributed by atoms with Crippen molar-refractivity contribution in [1.82, 2.24) is 0 Å². The Balaban J connectivity index is 2.96. The van der Waals surface area contributed by atoms with Crippen LogP contribution in [0.1, 0.15) is 26.3 Å². The van der Waals surface area contributed by atoms with E-state index in [0.717, 1.165) is 5.56 Å². The first-order chi connectivity index (χ1) is 8.45. The smallest absolute Gasteiger partial charge is 0.310 e. The van der Waals surface area contributed by atoms with E-state index in [0.29, 0.717) is 24.7 Å². The topological polar surface area (TPSA) is 52.4 Å². The van der Waals surface area contributed by atoms with Crippen LogP contribution in [-0.4, -0.2) is 16.9 Å². The summed E-state index contributed by atoms with van der Waals surface area (Å²) in [7, 11) is 0. The zero-order chi connectivity index (χ0) is 13.7. The molecule has 0 heterocycles. The molecule has 1 aromatic carbocycles. The molecule has 5 heteroatoms. The molecule has 0 amide bonds. The molecule has 0 aliphatic rings. The molecule has 100 valence electrons. The number of nitro groups is 1. The van der Waals surface area contributed by atoms with E-state index in [2.05, 4.69) is 0 Å². The van der Waals surface area contributed by atoms with Gasteiger partial charge in [-0.1, -0.05) is 19.9 Å². The molecule has 4 nitrogen and oxygen atoms in total. The number of rotatable bonds is 6. The summed E-state index contributed by atoms with van der Waals surface area (Å²) >= 11 is 6.21. The van der Waals surface area contributed by atoms with Gasteiger partial charge < -0.3 is 4.74 Å². The van der Waals surface area contributed by atoms with Crippen molar-refractivity contribution in [3.8, 4) is 5.75 Å². The molecule has 0 bridgehead atoms. The van der Waals surface area contributed by atoms with Gasteiger partial charge >= 0.3 is 5.69 Å². The van der Waals surface area contributed by atoms with Gasteiger partial charge in [-0.05, 0) is 30.9 Å². The van der Waals surface area contributed by atoms with Crippen LogP contribution in [0.4, 0.5) is 5.69 Å². The normalized spacial score (nSPS) is 12.5. The van der Waals surface area contributed by atoms with E-state index in [1.165, 1.54) is 6.07 Å². The molecule has 1 rings (SSSR count). The summed E-state index contributed by atoms with van der Waals surface area (Å²) in [4.78, 5) is 10.4. The summed E-state index contributed by atoms with van der Waals surface area (Å²) in [5, 5.41) is 10.9. The Morgan fingerprint density at radius 3 is 2.61 bits per heavy atom. The summed E-state index contributed by atoms with van der Waals surface area (Å²) < 4.78 is 5.30. The van der Waals surface area contributed by atoms with Gasteiger partial charge in [0.1, 0.15) is 0 Å². The Kier molecular flexibility index (Phi) is 5.41. The van der Waals surface area contributed by atoms with Crippen molar-refractivity contribution in [2.45, 2.75) is 32.6 Å². The number of halogens is 1. The second kappa shape index (κ2) is 6.59. The van der Waals surface area contributed by atoms with Crippen LogP contribution in [0.5, 0.6) is 5.75 Å². The van der Waals surface area contributed by atoms with Gasteiger partial charge in [0.15, 0.2) is 5.75 Å². The van der Waals surface area contributed by atoms with Crippen molar-refractivity contribution >= 4 is 17.3 Å². The minimum absolute atomic E-state index is 0.00345. The lowest BCUT2D eigenvalue weighted by molar-refractivity contribution is -0.385. The summed E-state index contributed by atoms with van der Waals surface area (Å²) in [5.74, 6) is 0.671. The molecule has 1 unspecified atom stereocenters. The lowest BCUT2D eigenvalue weighted by Crippen LogP contribution is -2.11. The average Bonchev–Trinajstić information content (AvgIpc) is 2.29. The first kappa shape index (κ1) is 14.8. The molecular formula is C13H18ClNO3. The molecule has 18 heavy (non-hydrogen) atoms. The van der Waals surface area contributed by atoms with Crippen LogP contribution in [0.25, 0.3) is 0 Å². The molecule has 0 saturated carbocycles. The number of ether oxygens (including phenoxy) is 1. The predicted octanol–water partition coefficient (Wildman–Crippen LogP) is 3.80. The standard InChI is InChI=1S/C13H18ClNO3/c1-4-18-13-8-10(7-11(14)9(2)3)5-6-12(13)15(16)17/h5-6,8-9,11H,4,7H2,1-3H3. The number of hydrogen-bond donors (Lipinski definition) is 0. The van der Waals surface area contributed by atoms with Crippen LogP contribution in [0.2, 0.25) is 0 Å². The molecule has 0 N–H and O–H groups in total. The van der Waals surface area contributed by atoms with Gasteiger partial charge in [-0.3, -0.25) is 10.1 Å². The third-order valence-electron chi connectivity index (χ3n) is 2.67. The SMILES string of the molecule is CCOc1cc(CC(Cl)C(C)C)ccc1[N+](=O)[O-]. The summed E-state index contributed by atoms with van der Waals surface area (Å²) in [5.41, 5.74) is 0.953. The highest BCUT2D eigenvalue weighted by Gasteiger charge is 2.17. The van der Waals surface area contributed by atoms with Crippen LogP contribution < -0.4 is 4.74 Å². The van der Waals surface area contributed by atoms with E-state index in [1.54, 1.807) is 19.1 Å². The van der Waals surface area contributed by atoms with Gasteiger partial charge in [-0.25, -0.2) is 0 Å². The lowest BCUT2D eigenvalue weighted by Gasteiger charge is -2.14. The van der Waals surface area contributed by atoms with Crippen LogP contribution in [0, 0.1) is 16.0 Å². The van der Waals surface area contributed by atoms with Crippen molar-refractivity contribution in [1.29, 1.82) is 0 Å². The molecular weight excluding hydrogens is 254 g/mol. The van der Waals surface area contributed by atoms with E-state index in [9.17, 15) is 10.1 Å². The zero-order valence-corrected chi connectivity index (χ0v) is 11.6. The van der Waals surface area contributed by atoms with Crippen molar-refractivity contribution < 1.29 is 9.66 Å².